The number of hydrogen-bond donors (Lipinski definition) is 1. The van der Waals surface area contributed by atoms with Gasteiger partial charge in [-0.2, -0.15) is 13.2 Å². The third kappa shape index (κ3) is 7.08. The minimum Gasteiger partial charge on any atom is -0.492 e. The van der Waals surface area contributed by atoms with Crippen molar-refractivity contribution in [3.63, 3.8) is 0 Å². The SMILES string of the molecule is Cn1cnc(S(=O)(=O)N(Cc2ccc3c(c2)C(Cc2ccccc2)C(NCCC2CC2)CO3)OC(=O)C(F)(F)F)c1. The number of hydrogen-bond acceptors (Lipinski definition) is 7. The van der Waals surface area contributed by atoms with E-state index in [-0.39, 0.29) is 16.4 Å². The first-order valence-electron chi connectivity index (χ1n) is 13.3. The fourth-order valence-corrected chi connectivity index (χ4v) is 6.09. The Hall–Kier alpha value is -3.42. The summed E-state index contributed by atoms with van der Waals surface area (Å²) in [5.74, 6) is -1.34. The number of aryl methyl sites for hydroxylation is 1. The molecule has 1 aromatic heterocycles. The largest absolute Gasteiger partial charge is 0.492 e. The van der Waals surface area contributed by atoms with E-state index < -0.39 is 33.7 Å². The highest BCUT2D eigenvalue weighted by Gasteiger charge is 2.45. The van der Waals surface area contributed by atoms with Crippen LogP contribution in [-0.4, -0.2) is 53.8 Å². The van der Waals surface area contributed by atoms with E-state index in [1.54, 1.807) is 18.2 Å². The Labute approximate surface area is 236 Å². The third-order valence-corrected chi connectivity index (χ3v) is 8.75. The average Bonchev–Trinajstić information content (AvgIpc) is 3.65. The lowest BCUT2D eigenvalue weighted by molar-refractivity contribution is -0.223. The number of rotatable bonds is 11. The summed E-state index contributed by atoms with van der Waals surface area (Å²) in [6, 6.07) is 14.8. The zero-order chi connectivity index (χ0) is 29.2. The van der Waals surface area contributed by atoms with Crippen molar-refractivity contribution in [2.75, 3.05) is 13.2 Å². The summed E-state index contributed by atoms with van der Waals surface area (Å²) in [6.45, 7) is 0.617. The van der Waals surface area contributed by atoms with Crippen molar-refractivity contribution in [2.45, 2.75) is 55.4 Å². The Balaban J connectivity index is 1.45. The van der Waals surface area contributed by atoms with Crippen LogP contribution in [0.1, 0.15) is 41.9 Å². The quantitative estimate of drug-likeness (QED) is 0.335. The van der Waals surface area contributed by atoms with Crippen molar-refractivity contribution in [1.82, 2.24) is 19.3 Å². The molecule has 2 atom stereocenters. The molecule has 0 amide bonds. The molecule has 9 nitrogen and oxygen atoms in total. The molecule has 2 unspecified atom stereocenters. The van der Waals surface area contributed by atoms with Crippen LogP contribution in [-0.2, 0) is 39.7 Å². The van der Waals surface area contributed by atoms with Crippen LogP contribution < -0.4 is 10.1 Å². The van der Waals surface area contributed by atoms with Gasteiger partial charge in [0.2, 0.25) is 0 Å². The molecule has 2 aromatic carbocycles. The number of carbonyl (C=O) groups is 1. The summed E-state index contributed by atoms with van der Waals surface area (Å²) < 4.78 is 73.1. The molecule has 1 aliphatic heterocycles. The molecule has 3 aromatic rings. The van der Waals surface area contributed by atoms with Gasteiger partial charge in [-0.1, -0.05) is 55.3 Å². The Kier molecular flexibility index (Phi) is 8.39. The molecule has 5 rings (SSSR count). The molecule has 0 saturated heterocycles. The topological polar surface area (TPSA) is 103 Å². The molecule has 1 saturated carbocycles. The predicted octanol–water partition coefficient (Wildman–Crippen LogP) is 4.11. The molecule has 2 aliphatic rings. The van der Waals surface area contributed by atoms with Gasteiger partial charge < -0.3 is 19.5 Å². The van der Waals surface area contributed by atoms with Gasteiger partial charge in [0, 0.05) is 25.2 Å². The molecule has 1 fully saturated rings. The number of carbonyl (C=O) groups excluding carboxylic acids is 1. The molecule has 0 radical (unpaired) electrons. The number of sulfonamides is 1. The molecule has 220 valence electrons. The first-order valence-corrected chi connectivity index (χ1v) is 14.8. The van der Waals surface area contributed by atoms with Gasteiger partial charge in [0.1, 0.15) is 12.4 Å². The zero-order valence-electron chi connectivity index (χ0n) is 22.4. The van der Waals surface area contributed by atoms with E-state index >= 15 is 0 Å². The van der Waals surface area contributed by atoms with Crippen molar-refractivity contribution >= 4 is 16.0 Å². The minimum absolute atomic E-state index is 0.0342. The van der Waals surface area contributed by atoms with E-state index in [1.165, 1.54) is 30.8 Å². The number of fused-ring (bicyclic) bond motifs is 1. The highest BCUT2D eigenvalue weighted by atomic mass is 32.2. The molecule has 13 heteroatoms. The van der Waals surface area contributed by atoms with Crippen molar-refractivity contribution in [3.8, 4) is 5.75 Å². The van der Waals surface area contributed by atoms with Gasteiger partial charge in [-0.25, -0.2) is 18.2 Å². The first-order chi connectivity index (χ1) is 19.5. The number of nitrogens with one attached hydrogen (secondary N) is 1. The highest BCUT2D eigenvalue weighted by Crippen LogP contribution is 2.38. The molecule has 0 spiro atoms. The third-order valence-electron chi connectivity index (χ3n) is 7.27. The molecule has 1 aliphatic carbocycles. The summed E-state index contributed by atoms with van der Waals surface area (Å²) in [7, 11) is -3.22. The number of nitrogens with zero attached hydrogens (tertiary/aromatic N) is 3. The van der Waals surface area contributed by atoms with Crippen molar-refractivity contribution in [1.29, 1.82) is 0 Å². The normalized spacial score (nSPS) is 19.0. The number of ether oxygens (including phenoxy) is 1. The Morgan fingerprint density at radius 2 is 1.93 bits per heavy atom. The highest BCUT2D eigenvalue weighted by molar-refractivity contribution is 7.88. The maximum atomic E-state index is 13.2. The van der Waals surface area contributed by atoms with Crippen molar-refractivity contribution in [2.24, 2.45) is 13.0 Å². The fourth-order valence-electron chi connectivity index (χ4n) is 4.92. The van der Waals surface area contributed by atoms with E-state index in [0.29, 0.717) is 24.3 Å². The van der Waals surface area contributed by atoms with Gasteiger partial charge in [-0.3, -0.25) is 0 Å². The summed E-state index contributed by atoms with van der Waals surface area (Å²) in [4.78, 5) is 19.9. The van der Waals surface area contributed by atoms with Crippen molar-refractivity contribution < 1.29 is 36.0 Å². The summed E-state index contributed by atoms with van der Waals surface area (Å²) in [5.41, 5.74) is 2.21. The van der Waals surface area contributed by atoms with Crippen LogP contribution in [0.5, 0.6) is 5.75 Å². The summed E-state index contributed by atoms with van der Waals surface area (Å²) in [5, 5.41) is 3.06. The average molecular weight is 593 g/mol. The van der Waals surface area contributed by atoms with Gasteiger partial charge in [-0.15, -0.1) is 0 Å². The number of benzene rings is 2. The van der Waals surface area contributed by atoms with E-state index in [2.05, 4.69) is 15.1 Å². The Morgan fingerprint density at radius 3 is 2.59 bits per heavy atom. The summed E-state index contributed by atoms with van der Waals surface area (Å²) in [6.07, 6.45) is 1.13. The van der Waals surface area contributed by atoms with E-state index in [1.807, 2.05) is 30.3 Å². The van der Waals surface area contributed by atoms with Gasteiger partial charge in [0.15, 0.2) is 5.03 Å². The number of aromatic nitrogens is 2. The molecule has 41 heavy (non-hydrogen) atoms. The predicted molar refractivity (Wildman–Crippen MR) is 142 cm³/mol. The van der Waals surface area contributed by atoms with Crippen molar-refractivity contribution in [3.05, 3.63) is 77.7 Å². The Bertz CT molecular complexity index is 1480. The Morgan fingerprint density at radius 1 is 1.17 bits per heavy atom. The molecule has 0 bridgehead atoms. The smallest absolute Gasteiger partial charge is 0.492 e. The van der Waals surface area contributed by atoms with Crippen LogP contribution >= 0.6 is 0 Å². The van der Waals surface area contributed by atoms with Crippen LogP contribution in [0.4, 0.5) is 13.2 Å². The lowest BCUT2D eigenvalue weighted by Crippen LogP contribution is -2.44. The molecule has 2 heterocycles. The maximum absolute atomic E-state index is 13.2. The number of hydroxylamine groups is 1. The summed E-state index contributed by atoms with van der Waals surface area (Å²) >= 11 is 0. The van der Waals surface area contributed by atoms with Crippen LogP contribution in [0.15, 0.2) is 66.1 Å². The van der Waals surface area contributed by atoms with Crippen LogP contribution in [0.3, 0.4) is 0 Å². The lowest BCUT2D eigenvalue weighted by atomic mass is 9.83. The fraction of sp³-hybridized carbons (Fsp3) is 0.429. The zero-order valence-corrected chi connectivity index (χ0v) is 23.2. The van der Waals surface area contributed by atoms with Crippen LogP contribution in [0, 0.1) is 5.92 Å². The second-order valence-electron chi connectivity index (χ2n) is 10.5. The van der Waals surface area contributed by atoms with Gasteiger partial charge in [0.25, 0.3) is 10.0 Å². The van der Waals surface area contributed by atoms with Gasteiger partial charge in [0.05, 0.1) is 12.9 Å². The molecular weight excluding hydrogens is 561 g/mol. The molecular formula is C28H31F3N4O5S. The molecule has 1 N–H and O–H groups in total. The first kappa shape index (κ1) is 29.1. The number of halogens is 3. The standard InChI is InChI=1S/C28H31F3N4O5S/c1-34-16-26(33-18-34)41(37,38)35(40-27(36)28(29,30)31)15-21-9-10-25-23(14-21)22(13-20-5-3-2-4-6-20)24(17-39-25)32-12-11-19-7-8-19/h2-6,9-10,14,16,18-19,22,24,32H,7-8,11-13,15,17H2,1H3. The lowest BCUT2D eigenvalue weighted by Gasteiger charge is -2.35. The van der Waals surface area contributed by atoms with E-state index in [0.717, 1.165) is 36.2 Å². The van der Waals surface area contributed by atoms with Crippen LogP contribution in [0.2, 0.25) is 0 Å². The monoisotopic (exact) mass is 592 g/mol. The van der Waals surface area contributed by atoms with E-state index in [9.17, 15) is 26.4 Å². The maximum Gasteiger partial charge on any atom is 0.492 e. The van der Waals surface area contributed by atoms with Gasteiger partial charge in [-0.05, 0) is 52.5 Å². The second kappa shape index (κ2) is 11.8. The van der Waals surface area contributed by atoms with Crippen LogP contribution in [0.25, 0.3) is 0 Å². The van der Waals surface area contributed by atoms with Gasteiger partial charge >= 0.3 is 12.1 Å². The minimum atomic E-state index is -5.40. The van der Waals surface area contributed by atoms with E-state index in [4.69, 9.17) is 4.74 Å². The number of alkyl halides is 3. The second-order valence-corrected chi connectivity index (χ2v) is 12.3. The number of imidazole rings is 1.